The highest BCUT2D eigenvalue weighted by molar-refractivity contribution is 4.86. The average molecular weight is 357 g/mol. The lowest BCUT2D eigenvalue weighted by molar-refractivity contribution is -0.183. The minimum Gasteiger partial charge on any atom is -0.348 e. The van der Waals surface area contributed by atoms with Gasteiger partial charge in [-0.05, 0) is 48.1 Å². The number of hydrogen-bond donors (Lipinski definition) is 0. The van der Waals surface area contributed by atoms with Gasteiger partial charge in [0.15, 0.2) is 5.79 Å². The predicted octanol–water partition coefficient (Wildman–Crippen LogP) is 1.03. The van der Waals surface area contributed by atoms with Gasteiger partial charge in [-0.1, -0.05) is 0 Å². The van der Waals surface area contributed by atoms with Gasteiger partial charge >= 0.3 is 0 Å². The summed E-state index contributed by atoms with van der Waals surface area (Å²) < 4.78 is 11.7. The maximum Gasteiger partial charge on any atom is 0.168 e. The van der Waals surface area contributed by atoms with E-state index in [1.807, 2.05) is 0 Å². The van der Waals surface area contributed by atoms with Gasteiger partial charge < -0.3 is 24.2 Å². The first-order chi connectivity index (χ1) is 11.9. The highest BCUT2D eigenvalue weighted by Gasteiger charge is 2.40. The van der Waals surface area contributed by atoms with Crippen molar-refractivity contribution in [3.63, 3.8) is 0 Å². The summed E-state index contributed by atoms with van der Waals surface area (Å²) in [6.45, 7) is 8.36. The largest absolute Gasteiger partial charge is 0.348 e. The molecular formula is C19H40N4O2. The van der Waals surface area contributed by atoms with Crippen molar-refractivity contribution in [3.05, 3.63) is 0 Å². The molecule has 0 aromatic heterocycles. The van der Waals surface area contributed by atoms with Crippen LogP contribution >= 0.6 is 0 Å². The summed E-state index contributed by atoms with van der Waals surface area (Å²) in [5, 5.41) is 0. The topological polar surface area (TPSA) is 31.4 Å². The van der Waals surface area contributed by atoms with Gasteiger partial charge in [-0.2, -0.15) is 0 Å². The molecule has 0 aromatic rings. The molecule has 0 radical (unpaired) electrons. The van der Waals surface area contributed by atoms with E-state index in [0.29, 0.717) is 6.04 Å². The van der Waals surface area contributed by atoms with Crippen LogP contribution in [-0.2, 0) is 9.47 Å². The Morgan fingerprint density at radius 1 is 0.720 bits per heavy atom. The third kappa shape index (κ3) is 7.12. The zero-order chi connectivity index (χ0) is 18.3. The summed E-state index contributed by atoms with van der Waals surface area (Å²) >= 11 is 0. The van der Waals surface area contributed by atoms with E-state index in [1.165, 1.54) is 12.8 Å². The van der Waals surface area contributed by atoms with Crippen molar-refractivity contribution in [2.75, 3.05) is 87.7 Å². The third-order valence-corrected chi connectivity index (χ3v) is 5.65. The Morgan fingerprint density at radius 3 is 1.68 bits per heavy atom. The standard InChI is InChI=1S/C19H40N4O2/c1-20(2)10-13-23(14-11-21(3)4)15-12-22(5)18-6-8-19(9-7-18)24-16-17-25-19/h18H,6-17H2,1-5H3. The van der Waals surface area contributed by atoms with Crippen molar-refractivity contribution < 1.29 is 9.47 Å². The van der Waals surface area contributed by atoms with Gasteiger partial charge in [0.05, 0.1) is 13.2 Å². The van der Waals surface area contributed by atoms with Crippen LogP contribution in [0.2, 0.25) is 0 Å². The van der Waals surface area contributed by atoms with Gasteiger partial charge in [0, 0.05) is 58.2 Å². The molecule has 6 heteroatoms. The van der Waals surface area contributed by atoms with E-state index in [0.717, 1.165) is 65.3 Å². The molecule has 0 bridgehead atoms. The van der Waals surface area contributed by atoms with Crippen LogP contribution in [0, 0.1) is 0 Å². The molecule has 0 atom stereocenters. The molecule has 1 aliphatic carbocycles. The van der Waals surface area contributed by atoms with Crippen molar-refractivity contribution in [3.8, 4) is 0 Å². The molecule has 1 spiro atoms. The quantitative estimate of drug-likeness (QED) is 0.581. The lowest BCUT2D eigenvalue weighted by Gasteiger charge is -2.39. The molecule has 0 N–H and O–H groups in total. The fraction of sp³-hybridized carbons (Fsp3) is 1.00. The highest BCUT2D eigenvalue weighted by Crippen LogP contribution is 2.36. The van der Waals surface area contributed by atoms with E-state index in [9.17, 15) is 0 Å². The molecule has 0 amide bonds. The van der Waals surface area contributed by atoms with Crippen molar-refractivity contribution in [1.82, 2.24) is 19.6 Å². The number of hydrogen-bond acceptors (Lipinski definition) is 6. The molecule has 2 fully saturated rings. The van der Waals surface area contributed by atoms with Gasteiger partial charge in [-0.25, -0.2) is 0 Å². The van der Waals surface area contributed by atoms with E-state index in [-0.39, 0.29) is 5.79 Å². The second-order valence-corrected chi connectivity index (χ2v) is 8.27. The zero-order valence-electron chi connectivity index (χ0n) is 17.2. The van der Waals surface area contributed by atoms with Crippen LogP contribution in [0.15, 0.2) is 0 Å². The Hall–Kier alpha value is -0.240. The van der Waals surface area contributed by atoms with Crippen molar-refractivity contribution in [1.29, 1.82) is 0 Å². The van der Waals surface area contributed by atoms with Crippen molar-refractivity contribution in [2.45, 2.75) is 37.5 Å². The van der Waals surface area contributed by atoms with Crippen LogP contribution in [0.25, 0.3) is 0 Å². The molecule has 2 rings (SSSR count). The highest BCUT2D eigenvalue weighted by atomic mass is 16.7. The molecule has 0 unspecified atom stereocenters. The second-order valence-electron chi connectivity index (χ2n) is 8.27. The first-order valence-electron chi connectivity index (χ1n) is 9.90. The van der Waals surface area contributed by atoms with Crippen LogP contribution in [0.1, 0.15) is 25.7 Å². The molecule has 2 aliphatic rings. The minimum absolute atomic E-state index is 0.235. The van der Waals surface area contributed by atoms with Gasteiger partial charge in [-0.15, -0.1) is 0 Å². The van der Waals surface area contributed by atoms with E-state index in [2.05, 4.69) is 54.8 Å². The first-order valence-corrected chi connectivity index (χ1v) is 9.90. The Kier molecular flexibility index (Phi) is 8.58. The predicted molar refractivity (Wildman–Crippen MR) is 103 cm³/mol. The third-order valence-electron chi connectivity index (χ3n) is 5.65. The van der Waals surface area contributed by atoms with E-state index in [1.54, 1.807) is 0 Å². The fourth-order valence-electron chi connectivity index (χ4n) is 3.77. The lowest BCUT2D eigenvalue weighted by atomic mass is 9.89. The zero-order valence-corrected chi connectivity index (χ0v) is 17.2. The summed E-state index contributed by atoms with van der Waals surface area (Å²) in [5.74, 6) is -0.235. The van der Waals surface area contributed by atoms with Crippen LogP contribution in [0.3, 0.4) is 0 Å². The van der Waals surface area contributed by atoms with E-state index >= 15 is 0 Å². The Labute approximate surface area is 155 Å². The molecule has 148 valence electrons. The van der Waals surface area contributed by atoms with Crippen molar-refractivity contribution in [2.24, 2.45) is 0 Å². The maximum atomic E-state index is 5.86. The minimum atomic E-state index is -0.235. The molecule has 6 nitrogen and oxygen atoms in total. The lowest BCUT2D eigenvalue weighted by Crippen LogP contribution is -2.46. The first kappa shape index (κ1) is 21.1. The molecule has 1 heterocycles. The summed E-state index contributed by atoms with van der Waals surface area (Å²) in [6.07, 6.45) is 4.47. The summed E-state index contributed by atoms with van der Waals surface area (Å²) in [5.41, 5.74) is 0. The number of rotatable bonds is 10. The normalized spacial score (nSPS) is 21.5. The van der Waals surface area contributed by atoms with Crippen LogP contribution in [-0.4, -0.2) is 119 Å². The molecule has 1 saturated carbocycles. The fourth-order valence-corrected chi connectivity index (χ4v) is 3.77. The smallest absolute Gasteiger partial charge is 0.168 e. The Morgan fingerprint density at radius 2 is 1.20 bits per heavy atom. The molecule has 1 aliphatic heterocycles. The monoisotopic (exact) mass is 356 g/mol. The van der Waals surface area contributed by atoms with Gasteiger partial charge in [0.2, 0.25) is 0 Å². The Bertz CT molecular complexity index is 350. The number of likely N-dealkylation sites (N-methyl/N-ethyl adjacent to an activating group) is 3. The van der Waals surface area contributed by atoms with Crippen LogP contribution in [0.4, 0.5) is 0 Å². The SMILES string of the molecule is CN(C)CCN(CCN(C)C)CCN(C)C1CCC2(CC1)OCCO2. The summed E-state index contributed by atoms with van der Waals surface area (Å²) in [6, 6.07) is 0.669. The van der Waals surface area contributed by atoms with Crippen LogP contribution in [0.5, 0.6) is 0 Å². The summed E-state index contributed by atoms with van der Waals surface area (Å²) in [4.78, 5) is 9.70. The molecule has 0 aromatic carbocycles. The molecular weight excluding hydrogens is 316 g/mol. The van der Waals surface area contributed by atoms with E-state index < -0.39 is 0 Å². The number of nitrogens with zero attached hydrogens (tertiary/aromatic N) is 4. The maximum absolute atomic E-state index is 5.86. The van der Waals surface area contributed by atoms with Gasteiger partial charge in [0.25, 0.3) is 0 Å². The van der Waals surface area contributed by atoms with E-state index in [4.69, 9.17) is 9.47 Å². The second kappa shape index (κ2) is 10.2. The molecule has 25 heavy (non-hydrogen) atoms. The molecule has 1 saturated heterocycles. The van der Waals surface area contributed by atoms with Gasteiger partial charge in [0.1, 0.15) is 0 Å². The van der Waals surface area contributed by atoms with Crippen LogP contribution < -0.4 is 0 Å². The average Bonchev–Trinajstić information content (AvgIpc) is 3.02. The Balaban J connectivity index is 1.72. The number of ether oxygens (including phenoxy) is 2. The summed E-state index contributed by atoms with van der Waals surface area (Å²) in [7, 11) is 10.9. The van der Waals surface area contributed by atoms with Crippen molar-refractivity contribution >= 4 is 0 Å². The van der Waals surface area contributed by atoms with Gasteiger partial charge in [-0.3, -0.25) is 4.90 Å².